The fourth-order valence-electron chi connectivity index (χ4n) is 4.16. The Labute approximate surface area is 229 Å². The third kappa shape index (κ3) is 5.67. The first-order valence-corrected chi connectivity index (χ1v) is 12.4. The SMILES string of the molecule is CCOc1cccc(C(c2cc(C=Nn3nnnc3C)ccc2O)c2cc(C=Nn3nnnc3C)ccc2O)c1. The number of aromatic hydroxyl groups is 2. The highest BCUT2D eigenvalue weighted by Gasteiger charge is 2.24. The largest absolute Gasteiger partial charge is 0.508 e. The van der Waals surface area contributed by atoms with Crippen LogP contribution < -0.4 is 4.74 Å². The van der Waals surface area contributed by atoms with E-state index < -0.39 is 5.92 Å². The third-order valence-electron chi connectivity index (χ3n) is 6.07. The summed E-state index contributed by atoms with van der Waals surface area (Å²) in [5.41, 5.74) is 3.28. The maximum atomic E-state index is 11.1. The number of rotatable bonds is 9. The Hall–Kier alpha value is -5.46. The zero-order valence-electron chi connectivity index (χ0n) is 22.0. The molecule has 0 aliphatic heterocycles. The Balaban J connectivity index is 1.62. The standard InChI is InChI=1S/C27H26N10O3/c1-4-40-22-7-5-6-21(14-22)27(23-12-19(8-10-25(23)38)15-28-36-17(2)30-32-34-36)24-13-20(9-11-26(24)39)16-29-37-18(3)31-33-35-37/h5-16,27,38-39H,4H2,1-3H3. The molecule has 13 nitrogen and oxygen atoms in total. The van der Waals surface area contributed by atoms with Gasteiger partial charge < -0.3 is 14.9 Å². The minimum absolute atomic E-state index is 0.0466. The van der Waals surface area contributed by atoms with Gasteiger partial charge >= 0.3 is 0 Å². The minimum Gasteiger partial charge on any atom is -0.508 e. The fraction of sp³-hybridized carbons (Fsp3) is 0.185. The number of phenolic OH excluding ortho intramolecular Hbond substituents is 2. The molecule has 2 heterocycles. The Morgan fingerprint density at radius 3 is 1.82 bits per heavy atom. The van der Waals surface area contributed by atoms with Crippen molar-refractivity contribution in [2.24, 2.45) is 10.2 Å². The second kappa shape index (κ2) is 11.5. The van der Waals surface area contributed by atoms with Crippen LogP contribution in [0.2, 0.25) is 0 Å². The van der Waals surface area contributed by atoms with E-state index in [-0.39, 0.29) is 11.5 Å². The summed E-state index contributed by atoms with van der Waals surface area (Å²) in [6.45, 7) is 5.88. The van der Waals surface area contributed by atoms with Crippen LogP contribution in [-0.4, -0.2) is 69.9 Å². The van der Waals surface area contributed by atoms with Crippen molar-refractivity contribution in [3.63, 3.8) is 0 Å². The van der Waals surface area contributed by atoms with E-state index in [0.717, 1.165) is 5.56 Å². The molecule has 0 aliphatic rings. The van der Waals surface area contributed by atoms with Crippen molar-refractivity contribution in [1.82, 2.24) is 40.6 Å². The average Bonchev–Trinajstić information content (AvgIpc) is 3.56. The fourth-order valence-corrected chi connectivity index (χ4v) is 4.16. The molecule has 0 saturated carbocycles. The molecule has 0 aliphatic carbocycles. The van der Waals surface area contributed by atoms with E-state index in [2.05, 4.69) is 41.3 Å². The Bertz CT molecular complexity index is 1590. The molecule has 0 amide bonds. The number of hydrogen-bond acceptors (Lipinski definition) is 11. The molecule has 0 unspecified atom stereocenters. The van der Waals surface area contributed by atoms with Gasteiger partial charge in [-0.1, -0.05) is 12.1 Å². The minimum atomic E-state index is -0.577. The molecule has 5 rings (SSSR count). The van der Waals surface area contributed by atoms with Crippen molar-refractivity contribution in [2.45, 2.75) is 26.7 Å². The summed E-state index contributed by atoms with van der Waals surface area (Å²) in [6.07, 6.45) is 3.19. The zero-order chi connectivity index (χ0) is 28.1. The molecule has 0 spiro atoms. The van der Waals surface area contributed by atoms with Crippen LogP contribution in [0.25, 0.3) is 0 Å². The smallest absolute Gasteiger partial charge is 0.173 e. The topological polar surface area (TPSA) is 162 Å². The van der Waals surface area contributed by atoms with Gasteiger partial charge in [-0.2, -0.15) is 10.2 Å². The van der Waals surface area contributed by atoms with Crippen molar-refractivity contribution in [1.29, 1.82) is 0 Å². The molecule has 0 radical (unpaired) electrons. The van der Waals surface area contributed by atoms with E-state index in [4.69, 9.17) is 4.74 Å². The van der Waals surface area contributed by atoms with Gasteiger partial charge in [-0.25, -0.2) is 0 Å². The lowest BCUT2D eigenvalue weighted by Crippen LogP contribution is -2.07. The van der Waals surface area contributed by atoms with Crippen molar-refractivity contribution < 1.29 is 14.9 Å². The average molecular weight is 539 g/mol. The third-order valence-corrected chi connectivity index (χ3v) is 6.07. The summed E-state index contributed by atoms with van der Waals surface area (Å²) in [5, 5.41) is 53.3. The van der Waals surface area contributed by atoms with Crippen LogP contribution in [0.5, 0.6) is 17.2 Å². The lowest BCUT2D eigenvalue weighted by Gasteiger charge is -2.22. The van der Waals surface area contributed by atoms with E-state index >= 15 is 0 Å². The van der Waals surface area contributed by atoms with E-state index in [0.29, 0.717) is 46.3 Å². The molecule has 202 valence electrons. The lowest BCUT2D eigenvalue weighted by molar-refractivity contribution is 0.340. The van der Waals surface area contributed by atoms with Crippen molar-refractivity contribution >= 4 is 12.4 Å². The molecule has 0 bridgehead atoms. The van der Waals surface area contributed by atoms with Crippen LogP contribution in [0.15, 0.2) is 70.9 Å². The summed E-state index contributed by atoms with van der Waals surface area (Å²) < 4.78 is 5.75. The number of aryl methyl sites for hydroxylation is 2. The Kier molecular flexibility index (Phi) is 7.53. The van der Waals surface area contributed by atoms with Crippen LogP contribution in [0.3, 0.4) is 0 Å². The summed E-state index contributed by atoms with van der Waals surface area (Å²) in [4.78, 5) is 2.60. The predicted octanol–water partition coefficient (Wildman–Crippen LogP) is 3.03. The summed E-state index contributed by atoms with van der Waals surface area (Å²) in [7, 11) is 0. The molecule has 2 N–H and O–H groups in total. The summed E-state index contributed by atoms with van der Waals surface area (Å²) >= 11 is 0. The number of ether oxygens (including phenoxy) is 1. The monoisotopic (exact) mass is 538 g/mol. The Morgan fingerprint density at radius 1 is 0.800 bits per heavy atom. The highest BCUT2D eigenvalue weighted by Crippen LogP contribution is 2.41. The Morgan fingerprint density at radius 2 is 1.35 bits per heavy atom. The molecule has 0 fully saturated rings. The van der Waals surface area contributed by atoms with E-state index in [1.165, 1.54) is 9.58 Å². The second-order valence-electron chi connectivity index (χ2n) is 8.80. The van der Waals surface area contributed by atoms with Gasteiger partial charge in [0.25, 0.3) is 0 Å². The van der Waals surface area contributed by atoms with Crippen molar-refractivity contribution in [2.75, 3.05) is 6.61 Å². The molecule has 3 aromatic carbocycles. The highest BCUT2D eigenvalue weighted by molar-refractivity contribution is 5.82. The number of hydrogen-bond donors (Lipinski definition) is 2. The van der Waals surface area contributed by atoms with Crippen LogP contribution in [-0.2, 0) is 0 Å². The van der Waals surface area contributed by atoms with Gasteiger partial charge in [-0.15, -0.1) is 19.8 Å². The number of tetrazole rings is 2. The van der Waals surface area contributed by atoms with E-state index in [9.17, 15) is 10.2 Å². The van der Waals surface area contributed by atoms with Gasteiger partial charge in [0.15, 0.2) is 11.6 Å². The maximum Gasteiger partial charge on any atom is 0.173 e. The molecule has 2 aromatic heterocycles. The van der Waals surface area contributed by atoms with Gasteiger partial charge in [-0.05, 0) is 107 Å². The molecule has 40 heavy (non-hydrogen) atoms. The number of phenols is 2. The second-order valence-corrected chi connectivity index (χ2v) is 8.80. The summed E-state index contributed by atoms with van der Waals surface area (Å²) in [6, 6.07) is 17.8. The molecule has 13 heteroatoms. The predicted molar refractivity (Wildman–Crippen MR) is 146 cm³/mol. The first-order valence-electron chi connectivity index (χ1n) is 12.4. The van der Waals surface area contributed by atoms with E-state index in [1.54, 1.807) is 62.7 Å². The van der Waals surface area contributed by atoms with Gasteiger partial charge in [-0.3, -0.25) is 0 Å². The van der Waals surface area contributed by atoms with Gasteiger partial charge in [0.05, 0.1) is 19.0 Å². The van der Waals surface area contributed by atoms with Gasteiger partial charge in [0.2, 0.25) is 0 Å². The van der Waals surface area contributed by atoms with Crippen LogP contribution in [0, 0.1) is 13.8 Å². The van der Waals surface area contributed by atoms with Crippen LogP contribution in [0.1, 0.15) is 52.3 Å². The van der Waals surface area contributed by atoms with E-state index in [1.807, 2.05) is 31.2 Å². The van der Waals surface area contributed by atoms with Crippen LogP contribution in [0.4, 0.5) is 0 Å². The molecule has 0 saturated heterocycles. The van der Waals surface area contributed by atoms with Crippen molar-refractivity contribution in [3.05, 3.63) is 100 Å². The summed E-state index contributed by atoms with van der Waals surface area (Å²) in [5.74, 6) is 1.24. The normalized spacial score (nSPS) is 12.4. The number of benzene rings is 3. The highest BCUT2D eigenvalue weighted by atomic mass is 16.5. The molecule has 0 atom stereocenters. The van der Waals surface area contributed by atoms with Crippen LogP contribution >= 0.6 is 0 Å². The molecular formula is C27H26N10O3. The molecule has 5 aromatic rings. The zero-order valence-corrected chi connectivity index (χ0v) is 22.0. The number of aromatic nitrogens is 8. The maximum absolute atomic E-state index is 11.1. The van der Waals surface area contributed by atoms with Gasteiger partial charge in [0, 0.05) is 17.0 Å². The lowest BCUT2D eigenvalue weighted by atomic mass is 9.83. The first-order chi connectivity index (χ1) is 19.4. The molecular weight excluding hydrogens is 512 g/mol. The van der Waals surface area contributed by atoms with Gasteiger partial charge in [0.1, 0.15) is 17.2 Å². The number of nitrogens with zero attached hydrogens (tertiary/aromatic N) is 10. The first kappa shape index (κ1) is 26.2. The van der Waals surface area contributed by atoms with Crippen molar-refractivity contribution in [3.8, 4) is 17.2 Å². The quantitative estimate of drug-likeness (QED) is 0.212.